The molecule has 3 nitrogen and oxygen atoms in total. The second-order valence-electron chi connectivity index (χ2n) is 9.33. The maximum Gasteiger partial charge on any atom is 0.307 e. The smallest absolute Gasteiger partial charge is 0.307 e. The molecule has 0 unspecified atom stereocenters. The number of carbonyl (C=O) groups excluding carboxylic acids is 1. The second kappa shape index (κ2) is 11.2. The Morgan fingerprint density at radius 1 is 0.848 bits per heavy atom. The number of halogens is 1. The van der Waals surface area contributed by atoms with Crippen molar-refractivity contribution in [2.45, 2.75) is 57.5 Å². The minimum atomic E-state index is -0.0150. The molecule has 33 heavy (non-hydrogen) atoms. The van der Waals surface area contributed by atoms with Crippen LogP contribution in [0.15, 0.2) is 54.1 Å². The zero-order valence-corrected chi connectivity index (χ0v) is 20.1. The zero-order chi connectivity index (χ0) is 21.8. The van der Waals surface area contributed by atoms with E-state index in [2.05, 4.69) is 65.6 Å². The van der Waals surface area contributed by atoms with Crippen LogP contribution in [0.25, 0.3) is 17.7 Å². The average Bonchev–Trinajstić information content (AvgIpc) is 3.01. The number of ether oxygens (including phenoxy) is 1. The molecular formula is C29H34ClNO2. The van der Waals surface area contributed by atoms with Crippen molar-refractivity contribution >= 4 is 36.1 Å². The van der Waals surface area contributed by atoms with Crippen LogP contribution in [-0.4, -0.2) is 36.6 Å². The molecule has 174 valence electrons. The van der Waals surface area contributed by atoms with Crippen molar-refractivity contribution < 1.29 is 9.53 Å². The van der Waals surface area contributed by atoms with Gasteiger partial charge in [0.05, 0.1) is 6.42 Å². The van der Waals surface area contributed by atoms with Gasteiger partial charge in [-0.1, -0.05) is 72.7 Å². The zero-order valence-electron chi connectivity index (χ0n) is 19.3. The van der Waals surface area contributed by atoms with Crippen LogP contribution in [0.5, 0.6) is 0 Å². The van der Waals surface area contributed by atoms with E-state index >= 15 is 0 Å². The number of esters is 1. The van der Waals surface area contributed by atoms with Crippen molar-refractivity contribution in [2.75, 3.05) is 19.6 Å². The van der Waals surface area contributed by atoms with Crippen LogP contribution in [-0.2, 0) is 9.53 Å². The van der Waals surface area contributed by atoms with Crippen LogP contribution in [0.3, 0.4) is 0 Å². The lowest BCUT2D eigenvalue weighted by Gasteiger charge is -2.30. The minimum absolute atomic E-state index is 0. The molecule has 2 fully saturated rings. The molecule has 0 aromatic heterocycles. The third kappa shape index (κ3) is 5.59. The molecule has 5 rings (SSSR count). The Balaban J connectivity index is 0.00000259. The average molecular weight is 464 g/mol. The number of carbonyl (C=O) groups is 1. The molecule has 3 aliphatic rings. The van der Waals surface area contributed by atoms with Gasteiger partial charge in [-0.15, -0.1) is 12.4 Å². The molecule has 0 N–H and O–H groups in total. The topological polar surface area (TPSA) is 29.5 Å². The van der Waals surface area contributed by atoms with Crippen molar-refractivity contribution in [1.82, 2.24) is 4.90 Å². The standard InChI is InChI=1S/C29H33NO2.ClH/c31-28(32-25-10-2-1-3-11-25)18-21-30-19-16-24(17-20-30)29-26-12-6-4-8-22(26)14-15-23-9-5-7-13-27(23)29;/h4-9,12-15,25H,1-3,10-11,16-21H2;1H. The van der Waals surface area contributed by atoms with Crippen LogP contribution in [0.2, 0.25) is 0 Å². The van der Waals surface area contributed by atoms with Gasteiger partial charge in [0.25, 0.3) is 0 Å². The molecule has 2 aliphatic carbocycles. The number of hydrogen-bond acceptors (Lipinski definition) is 3. The number of rotatable bonds is 4. The lowest BCUT2D eigenvalue weighted by molar-refractivity contribution is -0.150. The van der Waals surface area contributed by atoms with E-state index in [0.717, 1.165) is 45.3 Å². The highest BCUT2D eigenvalue weighted by Gasteiger charge is 2.23. The number of piperidine rings is 1. The predicted octanol–water partition coefficient (Wildman–Crippen LogP) is 6.76. The number of fused-ring (bicyclic) bond motifs is 2. The van der Waals surface area contributed by atoms with Crippen LogP contribution < -0.4 is 0 Å². The fourth-order valence-corrected chi connectivity index (χ4v) is 5.42. The summed E-state index contributed by atoms with van der Waals surface area (Å²) in [4.78, 5) is 14.7. The van der Waals surface area contributed by atoms with E-state index < -0.39 is 0 Å². The molecule has 0 amide bonds. The van der Waals surface area contributed by atoms with Crippen LogP contribution in [0.1, 0.15) is 73.6 Å². The SMILES string of the molecule is Cl.O=C(CCN1CCC(=C2c3ccccc3C=Cc3ccccc32)CC1)OC1CCCCC1. The lowest BCUT2D eigenvalue weighted by Crippen LogP contribution is -2.33. The summed E-state index contributed by atoms with van der Waals surface area (Å²) in [6.07, 6.45) is 13.0. The molecule has 0 atom stereocenters. The molecule has 0 bridgehead atoms. The number of nitrogens with zero attached hydrogens (tertiary/aromatic N) is 1. The first kappa shape index (κ1) is 23.8. The van der Waals surface area contributed by atoms with E-state index in [-0.39, 0.29) is 24.5 Å². The maximum atomic E-state index is 12.3. The summed E-state index contributed by atoms with van der Waals surface area (Å²) in [5, 5.41) is 0. The van der Waals surface area contributed by atoms with E-state index in [4.69, 9.17) is 4.74 Å². The van der Waals surface area contributed by atoms with Gasteiger partial charge in [0.2, 0.25) is 0 Å². The first-order valence-corrected chi connectivity index (χ1v) is 12.3. The van der Waals surface area contributed by atoms with E-state index in [1.54, 1.807) is 0 Å². The van der Waals surface area contributed by atoms with Gasteiger partial charge in [-0.3, -0.25) is 4.79 Å². The van der Waals surface area contributed by atoms with Gasteiger partial charge in [0, 0.05) is 19.6 Å². The Bertz CT molecular complexity index is 974. The first-order valence-electron chi connectivity index (χ1n) is 12.3. The normalized spacial score (nSPS) is 18.7. The summed E-state index contributed by atoms with van der Waals surface area (Å²) in [6.45, 7) is 2.82. The second-order valence-corrected chi connectivity index (χ2v) is 9.33. The third-order valence-corrected chi connectivity index (χ3v) is 7.20. The minimum Gasteiger partial charge on any atom is -0.462 e. The van der Waals surface area contributed by atoms with Gasteiger partial charge < -0.3 is 9.64 Å². The Morgan fingerprint density at radius 3 is 2.03 bits per heavy atom. The third-order valence-electron chi connectivity index (χ3n) is 7.20. The highest BCUT2D eigenvalue weighted by atomic mass is 35.5. The van der Waals surface area contributed by atoms with E-state index in [1.165, 1.54) is 52.7 Å². The van der Waals surface area contributed by atoms with Crippen molar-refractivity contribution in [2.24, 2.45) is 0 Å². The monoisotopic (exact) mass is 463 g/mol. The van der Waals surface area contributed by atoms with Gasteiger partial charge in [-0.25, -0.2) is 0 Å². The quantitative estimate of drug-likeness (QED) is 0.400. The highest BCUT2D eigenvalue weighted by Crippen LogP contribution is 2.38. The molecule has 0 radical (unpaired) electrons. The summed E-state index contributed by atoms with van der Waals surface area (Å²) in [5.41, 5.74) is 8.21. The van der Waals surface area contributed by atoms with Crippen molar-refractivity contribution in [3.63, 3.8) is 0 Å². The Labute approximate surface area is 203 Å². The fourth-order valence-electron chi connectivity index (χ4n) is 5.42. The Hall–Kier alpha value is -2.36. The number of benzene rings is 2. The van der Waals surface area contributed by atoms with Crippen LogP contribution >= 0.6 is 12.4 Å². The molecule has 0 spiro atoms. The lowest BCUT2D eigenvalue weighted by atomic mass is 9.86. The van der Waals surface area contributed by atoms with Crippen LogP contribution in [0, 0.1) is 0 Å². The predicted molar refractivity (Wildman–Crippen MR) is 138 cm³/mol. The first-order chi connectivity index (χ1) is 15.8. The summed E-state index contributed by atoms with van der Waals surface area (Å²) in [7, 11) is 0. The molecular weight excluding hydrogens is 430 g/mol. The summed E-state index contributed by atoms with van der Waals surface area (Å²) >= 11 is 0. The Morgan fingerprint density at radius 2 is 1.42 bits per heavy atom. The van der Waals surface area contributed by atoms with Gasteiger partial charge >= 0.3 is 5.97 Å². The number of likely N-dealkylation sites (tertiary alicyclic amines) is 1. The van der Waals surface area contributed by atoms with E-state index in [0.29, 0.717) is 6.42 Å². The van der Waals surface area contributed by atoms with Crippen molar-refractivity contribution in [3.05, 3.63) is 76.4 Å². The highest BCUT2D eigenvalue weighted by molar-refractivity contribution is 5.94. The van der Waals surface area contributed by atoms with Crippen molar-refractivity contribution in [1.29, 1.82) is 0 Å². The maximum absolute atomic E-state index is 12.3. The fraction of sp³-hybridized carbons (Fsp3) is 0.414. The number of hydrogen-bond donors (Lipinski definition) is 0. The van der Waals surface area contributed by atoms with Gasteiger partial charge in [0.15, 0.2) is 0 Å². The molecule has 1 saturated carbocycles. The summed E-state index contributed by atoms with van der Waals surface area (Å²) < 4.78 is 5.71. The Kier molecular flexibility index (Phi) is 8.06. The van der Waals surface area contributed by atoms with E-state index in [9.17, 15) is 4.79 Å². The molecule has 2 aromatic rings. The summed E-state index contributed by atoms with van der Waals surface area (Å²) in [6, 6.07) is 17.5. The molecule has 4 heteroatoms. The molecule has 1 aliphatic heterocycles. The molecule has 1 saturated heterocycles. The molecule has 1 heterocycles. The van der Waals surface area contributed by atoms with Gasteiger partial charge in [-0.2, -0.15) is 0 Å². The molecule has 2 aromatic carbocycles. The van der Waals surface area contributed by atoms with Crippen molar-refractivity contribution in [3.8, 4) is 0 Å². The van der Waals surface area contributed by atoms with E-state index in [1.807, 2.05) is 0 Å². The summed E-state index contributed by atoms with van der Waals surface area (Å²) in [5.74, 6) is -0.0150. The largest absolute Gasteiger partial charge is 0.462 e. The van der Waals surface area contributed by atoms with Gasteiger partial charge in [-0.05, 0) is 66.4 Å². The van der Waals surface area contributed by atoms with Crippen LogP contribution in [0.4, 0.5) is 0 Å². The van der Waals surface area contributed by atoms with Gasteiger partial charge in [0.1, 0.15) is 6.10 Å².